The lowest BCUT2D eigenvalue weighted by molar-refractivity contribution is 0.398. The number of phenols is 2. The number of rotatable bonds is 3. The van der Waals surface area contributed by atoms with Gasteiger partial charge in [-0.25, -0.2) is 0 Å². The SMILES string of the molecule is CNC(C)(C)Cc1ccc(O)c(O)c1. The van der Waals surface area contributed by atoms with Crippen LogP contribution in [0.15, 0.2) is 18.2 Å². The minimum absolute atomic E-state index is 0.0105. The molecule has 0 atom stereocenters. The summed E-state index contributed by atoms with van der Waals surface area (Å²) in [5.41, 5.74) is 0.989. The molecule has 0 heterocycles. The molecule has 0 aliphatic carbocycles. The summed E-state index contributed by atoms with van der Waals surface area (Å²) in [6, 6.07) is 4.92. The number of benzene rings is 1. The number of nitrogens with one attached hydrogen (secondary N) is 1. The summed E-state index contributed by atoms with van der Waals surface area (Å²) >= 11 is 0. The summed E-state index contributed by atoms with van der Waals surface area (Å²) in [7, 11) is 1.90. The van der Waals surface area contributed by atoms with Crippen LogP contribution in [0.4, 0.5) is 0 Å². The molecule has 0 saturated carbocycles. The standard InChI is InChI=1S/C11H17NO2/c1-11(2,12-3)7-8-4-5-9(13)10(14)6-8/h4-6,12-14H,7H2,1-3H3. The summed E-state index contributed by atoms with van der Waals surface area (Å²) in [6.07, 6.45) is 0.803. The van der Waals surface area contributed by atoms with E-state index < -0.39 is 0 Å². The van der Waals surface area contributed by atoms with Gasteiger partial charge in [-0.15, -0.1) is 0 Å². The van der Waals surface area contributed by atoms with E-state index in [1.165, 1.54) is 6.07 Å². The molecule has 14 heavy (non-hydrogen) atoms. The Bertz CT molecular complexity index is 321. The summed E-state index contributed by atoms with van der Waals surface area (Å²) in [5, 5.41) is 21.6. The first-order chi connectivity index (χ1) is 6.44. The lowest BCUT2D eigenvalue weighted by Crippen LogP contribution is -2.38. The number of hydrogen-bond acceptors (Lipinski definition) is 3. The van der Waals surface area contributed by atoms with Crippen LogP contribution < -0.4 is 5.32 Å². The molecule has 0 saturated heterocycles. The quantitative estimate of drug-likeness (QED) is 0.643. The van der Waals surface area contributed by atoms with Crippen LogP contribution in [-0.2, 0) is 6.42 Å². The van der Waals surface area contributed by atoms with Crippen LogP contribution >= 0.6 is 0 Å². The molecule has 3 N–H and O–H groups in total. The highest BCUT2D eigenvalue weighted by Gasteiger charge is 2.15. The Morgan fingerprint density at radius 3 is 2.36 bits per heavy atom. The molecule has 1 aromatic carbocycles. The van der Waals surface area contributed by atoms with Crippen molar-refractivity contribution in [2.24, 2.45) is 0 Å². The maximum Gasteiger partial charge on any atom is 0.157 e. The van der Waals surface area contributed by atoms with Crippen molar-refractivity contribution in [3.63, 3.8) is 0 Å². The van der Waals surface area contributed by atoms with Gasteiger partial charge in [0.05, 0.1) is 0 Å². The first kappa shape index (κ1) is 10.9. The smallest absolute Gasteiger partial charge is 0.157 e. The first-order valence-electron chi connectivity index (χ1n) is 4.64. The fourth-order valence-electron chi connectivity index (χ4n) is 1.28. The van der Waals surface area contributed by atoms with Gasteiger partial charge >= 0.3 is 0 Å². The second kappa shape index (κ2) is 3.88. The van der Waals surface area contributed by atoms with Crippen LogP contribution in [0.25, 0.3) is 0 Å². The zero-order valence-corrected chi connectivity index (χ0v) is 8.83. The van der Waals surface area contributed by atoms with Gasteiger partial charge in [-0.3, -0.25) is 0 Å². The number of hydrogen-bond donors (Lipinski definition) is 3. The third kappa shape index (κ3) is 2.64. The predicted molar refractivity (Wildman–Crippen MR) is 56.6 cm³/mol. The number of aromatic hydroxyl groups is 2. The topological polar surface area (TPSA) is 52.5 Å². The maximum atomic E-state index is 9.30. The van der Waals surface area contributed by atoms with Gasteiger partial charge in [0.25, 0.3) is 0 Å². The van der Waals surface area contributed by atoms with E-state index in [0.29, 0.717) is 0 Å². The van der Waals surface area contributed by atoms with Crippen molar-refractivity contribution in [2.75, 3.05) is 7.05 Å². The Hall–Kier alpha value is -1.22. The third-order valence-electron chi connectivity index (χ3n) is 2.36. The molecule has 3 nitrogen and oxygen atoms in total. The minimum Gasteiger partial charge on any atom is -0.504 e. The monoisotopic (exact) mass is 195 g/mol. The van der Waals surface area contributed by atoms with E-state index in [9.17, 15) is 5.11 Å². The Kier molecular flexibility index (Phi) is 3.01. The highest BCUT2D eigenvalue weighted by Crippen LogP contribution is 2.26. The highest BCUT2D eigenvalue weighted by atomic mass is 16.3. The van der Waals surface area contributed by atoms with Crippen molar-refractivity contribution in [1.29, 1.82) is 0 Å². The molecule has 0 spiro atoms. The second-order valence-electron chi connectivity index (χ2n) is 4.13. The minimum atomic E-state index is -0.0731. The third-order valence-corrected chi connectivity index (χ3v) is 2.36. The predicted octanol–water partition coefficient (Wildman–Crippen LogP) is 1.64. The van der Waals surface area contributed by atoms with Gasteiger partial charge in [-0.2, -0.15) is 0 Å². The molecular formula is C11H17NO2. The highest BCUT2D eigenvalue weighted by molar-refractivity contribution is 5.40. The van der Waals surface area contributed by atoms with Crippen molar-refractivity contribution >= 4 is 0 Å². The molecule has 0 aromatic heterocycles. The molecule has 0 bridgehead atoms. The second-order valence-corrected chi connectivity index (χ2v) is 4.13. The molecule has 78 valence electrons. The molecule has 0 aliphatic rings. The average Bonchev–Trinajstić information content (AvgIpc) is 2.11. The Morgan fingerprint density at radius 2 is 1.86 bits per heavy atom. The molecule has 0 fully saturated rings. The van der Waals surface area contributed by atoms with E-state index in [-0.39, 0.29) is 17.0 Å². The van der Waals surface area contributed by atoms with E-state index in [1.54, 1.807) is 6.07 Å². The lowest BCUT2D eigenvalue weighted by Gasteiger charge is -2.24. The van der Waals surface area contributed by atoms with Gasteiger partial charge in [-0.1, -0.05) is 6.07 Å². The summed E-state index contributed by atoms with van der Waals surface area (Å²) in [5.74, 6) is -0.134. The van der Waals surface area contributed by atoms with Crippen LogP contribution in [-0.4, -0.2) is 22.8 Å². The summed E-state index contributed by atoms with van der Waals surface area (Å²) < 4.78 is 0. The molecule has 0 unspecified atom stereocenters. The lowest BCUT2D eigenvalue weighted by atomic mass is 9.95. The Balaban J connectivity index is 2.83. The molecule has 0 aliphatic heterocycles. The number of likely N-dealkylation sites (N-methyl/N-ethyl adjacent to an activating group) is 1. The van der Waals surface area contributed by atoms with Crippen molar-refractivity contribution in [3.05, 3.63) is 23.8 Å². The van der Waals surface area contributed by atoms with Gasteiger partial charge in [-0.05, 0) is 45.0 Å². The van der Waals surface area contributed by atoms with E-state index in [4.69, 9.17) is 5.11 Å². The van der Waals surface area contributed by atoms with Crippen molar-refractivity contribution in [1.82, 2.24) is 5.32 Å². The number of phenolic OH excluding ortho intramolecular Hbond substituents is 2. The van der Waals surface area contributed by atoms with Crippen LogP contribution in [0.2, 0.25) is 0 Å². The van der Waals surface area contributed by atoms with Gasteiger partial charge in [0, 0.05) is 5.54 Å². The molecular weight excluding hydrogens is 178 g/mol. The zero-order chi connectivity index (χ0) is 10.8. The van der Waals surface area contributed by atoms with E-state index in [1.807, 2.05) is 13.1 Å². The molecule has 1 aromatic rings. The van der Waals surface area contributed by atoms with Gasteiger partial charge in [0.1, 0.15) is 0 Å². The van der Waals surface area contributed by atoms with Crippen molar-refractivity contribution < 1.29 is 10.2 Å². The van der Waals surface area contributed by atoms with Crippen LogP contribution in [0.5, 0.6) is 11.5 Å². The fraction of sp³-hybridized carbons (Fsp3) is 0.455. The van der Waals surface area contributed by atoms with Crippen molar-refractivity contribution in [3.8, 4) is 11.5 Å². The van der Waals surface area contributed by atoms with E-state index >= 15 is 0 Å². The fourth-order valence-corrected chi connectivity index (χ4v) is 1.28. The molecule has 0 radical (unpaired) electrons. The Morgan fingerprint density at radius 1 is 1.21 bits per heavy atom. The van der Waals surface area contributed by atoms with Crippen molar-refractivity contribution in [2.45, 2.75) is 25.8 Å². The zero-order valence-electron chi connectivity index (χ0n) is 8.83. The first-order valence-corrected chi connectivity index (χ1v) is 4.64. The summed E-state index contributed by atoms with van der Waals surface area (Å²) in [4.78, 5) is 0. The largest absolute Gasteiger partial charge is 0.504 e. The van der Waals surface area contributed by atoms with E-state index in [0.717, 1.165) is 12.0 Å². The summed E-state index contributed by atoms with van der Waals surface area (Å²) in [6.45, 7) is 4.16. The Labute approximate surface area is 84.4 Å². The van der Waals surface area contributed by atoms with Crippen LogP contribution in [0.1, 0.15) is 19.4 Å². The molecule has 1 rings (SSSR count). The molecule has 0 amide bonds. The van der Waals surface area contributed by atoms with Crippen LogP contribution in [0.3, 0.4) is 0 Å². The average molecular weight is 195 g/mol. The van der Waals surface area contributed by atoms with Crippen LogP contribution in [0, 0.1) is 0 Å². The van der Waals surface area contributed by atoms with Gasteiger partial charge in [0.15, 0.2) is 11.5 Å². The normalized spacial score (nSPS) is 11.6. The van der Waals surface area contributed by atoms with E-state index in [2.05, 4.69) is 19.2 Å². The van der Waals surface area contributed by atoms with Gasteiger partial charge < -0.3 is 15.5 Å². The molecule has 3 heteroatoms. The van der Waals surface area contributed by atoms with Gasteiger partial charge in [0.2, 0.25) is 0 Å². The maximum absolute atomic E-state index is 9.30.